The Kier molecular flexibility index (Phi) is 4.82. The molecule has 0 amide bonds. The maximum atomic E-state index is 13.6. The van der Waals surface area contributed by atoms with Gasteiger partial charge in [0.25, 0.3) is 5.56 Å². The maximum Gasteiger partial charge on any atom is 0.343 e. The lowest BCUT2D eigenvalue weighted by molar-refractivity contribution is -0.172. The number of nitrogens with zero attached hydrogens (tertiary/aromatic N) is 3. The van der Waals surface area contributed by atoms with E-state index in [2.05, 4.69) is 24.1 Å². The Morgan fingerprint density at radius 1 is 1.29 bits per heavy atom. The second-order valence-corrected chi connectivity index (χ2v) is 10.2. The molecule has 3 aliphatic heterocycles. The molecule has 6 rings (SSSR count). The smallest absolute Gasteiger partial charge is 0.343 e. The number of hydrogen-bond donors (Lipinski definition) is 2. The van der Waals surface area contributed by atoms with Crippen LogP contribution in [0.25, 0.3) is 22.3 Å². The highest BCUT2D eigenvalue weighted by atomic mass is 32.1. The standard InChI is InChI=1S/C26H26N4O4S/c1-4-26(33)16-10-19-21-14(11-30(19)23(31)15(16)12-34-24(26)32)22-20-17(27-21)6-5-7-18(20)28-25(35)29(22)9-8-13(2)3/h5-7,10,13,33H,4,8-9,11-12H2,1-3H3,(H,28,35)/t26-/m0/s1. The maximum absolute atomic E-state index is 13.6. The quantitative estimate of drug-likeness (QED) is 0.331. The van der Waals surface area contributed by atoms with Crippen molar-refractivity contribution in [1.82, 2.24) is 9.55 Å². The molecule has 0 unspecified atom stereocenters. The molecule has 0 bridgehead atoms. The average Bonchev–Trinajstić information content (AvgIpc) is 3.20. The number of anilines is 2. The first-order valence-corrected chi connectivity index (χ1v) is 12.4. The summed E-state index contributed by atoms with van der Waals surface area (Å²) in [4.78, 5) is 33.2. The van der Waals surface area contributed by atoms with E-state index in [1.807, 2.05) is 18.2 Å². The lowest BCUT2D eigenvalue weighted by Gasteiger charge is -2.34. The molecule has 180 valence electrons. The van der Waals surface area contributed by atoms with Crippen molar-refractivity contribution < 1.29 is 14.6 Å². The summed E-state index contributed by atoms with van der Waals surface area (Å²) in [5.74, 6) is -0.228. The molecule has 0 fully saturated rings. The Labute approximate surface area is 207 Å². The van der Waals surface area contributed by atoms with Crippen molar-refractivity contribution in [3.05, 3.63) is 51.3 Å². The van der Waals surface area contributed by atoms with Crippen molar-refractivity contribution in [2.45, 2.75) is 52.4 Å². The second-order valence-electron chi connectivity index (χ2n) is 9.85. The molecule has 1 aromatic carbocycles. The van der Waals surface area contributed by atoms with Crippen molar-refractivity contribution in [3.8, 4) is 11.4 Å². The number of thiocarbonyl (C=S) groups is 1. The van der Waals surface area contributed by atoms with Crippen molar-refractivity contribution >= 4 is 45.6 Å². The topological polar surface area (TPSA) is 96.7 Å². The van der Waals surface area contributed by atoms with Crippen LogP contribution >= 0.6 is 12.2 Å². The molecule has 3 aliphatic rings. The van der Waals surface area contributed by atoms with Gasteiger partial charge < -0.3 is 24.6 Å². The van der Waals surface area contributed by atoms with Crippen LogP contribution in [0.5, 0.6) is 0 Å². The van der Waals surface area contributed by atoms with Gasteiger partial charge in [-0.15, -0.1) is 0 Å². The number of esters is 1. The number of nitrogens with one attached hydrogen (secondary N) is 1. The summed E-state index contributed by atoms with van der Waals surface area (Å²) in [6.45, 7) is 6.99. The summed E-state index contributed by atoms with van der Waals surface area (Å²) < 4.78 is 6.87. The van der Waals surface area contributed by atoms with E-state index < -0.39 is 11.6 Å². The predicted molar refractivity (Wildman–Crippen MR) is 138 cm³/mol. The van der Waals surface area contributed by atoms with Gasteiger partial charge in [-0.1, -0.05) is 26.8 Å². The Morgan fingerprint density at radius 3 is 2.83 bits per heavy atom. The number of fused-ring (bicyclic) bond motifs is 5. The minimum absolute atomic E-state index is 0.108. The zero-order chi connectivity index (χ0) is 24.6. The summed E-state index contributed by atoms with van der Waals surface area (Å²) in [7, 11) is 0. The van der Waals surface area contributed by atoms with Gasteiger partial charge in [0.2, 0.25) is 0 Å². The van der Waals surface area contributed by atoms with Crippen LogP contribution in [0.1, 0.15) is 50.3 Å². The monoisotopic (exact) mass is 490 g/mol. The highest BCUT2D eigenvalue weighted by Gasteiger charge is 2.45. The van der Waals surface area contributed by atoms with Gasteiger partial charge in [0, 0.05) is 23.1 Å². The van der Waals surface area contributed by atoms with Crippen LogP contribution in [0.3, 0.4) is 0 Å². The minimum Gasteiger partial charge on any atom is -0.458 e. The summed E-state index contributed by atoms with van der Waals surface area (Å²) in [6.07, 6.45) is 1.06. The van der Waals surface area contributed by atoms with Gasteiger partial charge in [-0.2, -0.15) is 0 Å². The van der Waals surface area contributed by atoms with Gasteiger partial charge in [-0.25, -0.2) is 9.78 Å². The second kappa shape index (κ2) is 7.60. The molecule has 0 saturated heterocycles. The van der Waals surface area contributed by atoms with Crippen LogP contribution in [0.15, 0.2) is 29.1 Å². The molecule has 8 nitrogen and oxygen atoms in total. The average molecular weight is 491 g/mol. The van der Waals surface area contributed by atoms with E-state index in [0.29, 0.717) is 40.1 Å². The van der Waals surface area contributed by atoms with E-state index in [1.54, 1.807) is 17.6 Å². The number of ether oxygens (including phenoxy) is 1. The lowest BCUT2D eigenvalue weighted by atomic mass is 9.86. The fourth-order valence-corrected chi connectivity index (χ4v) is 5.69. The molecule has 0 aliphatic carbocycles. The molecule has 3 aromatic rings. The van der Waals surface area contributed by atoms with Crippen LogP contribution < -0.4 is 15.8 Å². The van der Waals surface area contributed by atoms with Gasteiger partial charge in [0.05, 0.1) is 40.4 Å². The van der Waals surface area contributed by atoms with E-state index in [-0.39, 0.29) is 18.6 Å². The highest BCUT2D eigenvalue weighted by Crippen LogP contribution is 2.46. The zero-order valence-electron chi connectivity index (χ0n) is 19.8. The Bertz CT molecular complexity index is 1510. The molecule has 2 N–H and O–H groups in total. The van der Waals surface area contributed by atoms with E-state index in [4.69, 9.17) is 21.9 Å². The number of cyclic esters (lactones) is 1. The van der Waals surface area contributed by atoms with Gasteiger partial charge in [0.15, 0.2) is 10.7 Å². The highest BCUT2D eigenvalue weighted by molar-refractivity contribution is 7.80. The third-order valence-electron chi connectivity index (χ3n) is 7.37. The minimum atomic E-state index is -1.85. The van der Waals surface area contributed by atoms with E-state index in [1.165, 1.54) is 0 Å². The first-order chi connectivity index (χ1) is 16.7. The number of hydrogen-bond acceptors (Lipinski definition) is 6. The molecule has 0 radical (unpaired) electrons. The third kappa shape index (κ3) is 3.01. The van der Waals surface area contributed by atoms with Crippen LogP contribution in [-0.4, -0.2) is 32.3 Å². The van der Waals surface area contributed by atoms with Crippen LogP contribution in [0, 0.1) is 5.92 Å². The first-order valence-electron chi connectivity index (χ1n) is 12.0. The number of aliphatic hydroxyl groups is 1. The normalized spacial score (nSPS) is 20.0. The van der Waals surface area contributed by atoms with Gasteiger partial charge in [-0.3, -0.25) is 4.79 Å². The van der Waals surface area contributed by atoms with Gasteiger partial charge in [0.1, 0.15) is 6.61 Å². The van der Waals surface area contributed by atoms with Crippen molar-refractivity contribution in [2.75, 3.05) is 16.8 Å². The van der Waals surface area contributed by atoms with Gasteiger partial charge in [-0.05, 0) is 49.2 Å². The van der Waals surface area contributed by atoms with Crippen molar-refractivity contribution in [3.63, 3.8) is 0 Å². The summed E-state index contributed by atoms with van der Waals surface area (Å²) in [6, 6.07) is 7.63. The molecular weight excluding hydrogens is 464 g/mol. The molecule has 2 aromatic heterocycles. The van der Waals surface area contributed by atoms with Gasteiger partial charge >= 0.3 is 5.97 Å². The number of carbonyl (C=O) groups excluding carboxylic acids is 1. The fourth-order valence-electron chi connectivity index (χ4n) is 5.39. The summed E-state index contributed by atoms with van der Waals surface area (Å²) >= 11 is 5.77. The molecular formula is C26H26N4O4S. The molecule has 5 heterocycles. The lowest BCUT2D eigenvalue weighted by Crippen LogP contribution is -2.44. The van der Waals surface area contributed by atoms with E-state index in [0.717, 1.165) is 40.8 Å². The van der Waals surface area contributed by atoms with E-state index in [9.17, 15) is 14.7 Å². The summed E-state index contributed by atoms with van der Waals surface area (Å²) in [5, 5.41) is 16.1. The molecule has 1 atom stereocenters. The largest absolute Gasteiger partial charge is 0.458 e. The Balaban J connectivity index is 1.63. The third-order valence-corrected chi connectivity index (χ3v) is 7.69. The number of benzene rings is 1. The number of carbonyl (C=O) groups is 1. The SMILES string of the molecule is CC[C@@]1(O)C(=O)OCc2c1cc1n(c2=O)Cc2c-1nc1cccc3c1c2N(CCC(C)C)C(=S)N3. The Hall–Kier alpha value is -3.30. The predicted octanol–water partition coefficient (Wildman–Crippen LogP) is 3.64. The van der Waals surface area contributed by atoms with Crippen molar-refractivity contribution in [1.29, 1.82) is 0 Å². The van der Waals surface area contributed by atoms with Crippen LogP contribution in [0.2, 0.25) is 0 Å². The Morgan fingerprint density at radius 2 is 2.09 bits per heavy atom. The molecule has 0 spiro atoms. The van der Waals surface area contributed by atoms with E-state index >= 15 is 0 Å². The fraction of sp³-hybridized carbons (Fsp3) is 0.385. The molecule has 35 heavy (non-hydrogen) atoms. The first kappa shape index (κ1) is 22.2. The molecule has 9 heteroatoms. The number of pyridine rings is 2. The van der Waals surface area contributed by atoms with Crippen LogP contribution in [-0.2, 0) is 28.3 Å². The molecule has 0 saturated carbocycles. The van der Waals surface area contributed by atoms with Crippen molar-refractivity contribution in [2.24, 2.45) is 5.92 Å². The van der Waals surface area contributed by atoms with Crippen LogP contribution in [0.4, 0.5) is 11.4 Å². The number of aromatic nitrogens is 2. The zero-order valence-corrected chi connectivity index (χ0v) is 20.7. The number of rotatable bonds is 4. The summed E-state index contributed by atoms with van der Waals surface area (Å²) in [5.41, 5.74) is 3.40.